The van der Waals surface area contributed by atoms with Crippen LogP contribution in [0.1, 0.15) is 5.56 Å². The van der Waals surface area contributed by atoms with Crippen LogP contribution in [-0.2, 0) is 14.3 Å². The number of hydrogen-bond acceptors (Lipinski definition) is 8. The highest BCUT2D eigenvalue weighted by Gasteiger charge is 2.37. The number of anilines is 1. The van der Waals surface area contributed by atoms with Crippen molar-refractivity contribution in [2.75, 3.05) is 44.4 Å². The molecule has 4 N–H and O–H groups in total. The van der Waals surface area contributed by atoms with Crippen LogP contribution in [0.5, 0.6) is 0 Å². The maximum atomic E-state index is 12.3. The molecule has 0 radical (unpaired) electrons. The molecular formula is C20H25N3O6. The second kappa shape index (κ2) is 9.82. The van der Waals surface area contributed by atoms with E-state index in [-0.39, 0.29) is 18.7 Å². The van der Waals surface area contributed by atoms with Crippen LogP contribution >= 0.6 is 0 Å². The minimum Gasteiger partial charge on any atom is -0.388 e. The fraction of sp³-hybridized carbons (Fsp3) is 0.500. The molecule has 0 spiro atoms. The van der Waals surface area contributed by atoms with Crippen molar-refractivity contribution in [2.24, 2.45) is 0 Å². The Morgan fingerprint density at radius 1 is 1.21 bits per heavy atom. The van der Waals surface area contributed by atoms with E-state index >= 15 is 0 Å². The molecule has 4 unspecified atom stereocenters. The number of nitrogens with zero attached hydrogens (tertiary/aromatic N) is 2. The Morgan fingerprint density at radius 2 is 1.90 bits per heavy atom. The van der Waals surface area contributed by atoms with Gasteiger partial charge in [0.1, 0.15) is 36.1 Å². The lowest BCUT2D eigenvalue weighted by molar-refractivity contribution is -0.185. The summed E-state index contributed by atoms with van der Waals surface area (Å²) >= 11 is 0. The summed E-state index contributed by atoms with van der Waals surface area (Å²) in [5, 5.41) is 40.9. The number of rotatable bonds is 5. The van der Waals surface area contributed by atoms with E-state index in [1.807, 2.05) is 30.3 Å². The summed E-state index contributed by atoms with van der Waals surface area (Å²) in [6, 6.07) is 9.41. The molecule has 2 aliphatic rings. The third-order valence-electron chi connectivity index (χ3n) is 5.02. The first kappa shape index (κ1) is 21.2. The molecule has 1 amide bonds. The number of aliphatic hydroxyl groups is 3. The van der Waals surface area contributed by atoms with E-state index in [1.54, 1.807) is 0 Å². The van der Waals surface area contributed by atoms with E-state index in [0.717, 1.165) is 18.8 Å². The fourth-order valence-corrected chi connectivity index (χ4v) is 3.25. The number of morpholine rings is 1. The summed E-state index contributed by atoms with van der Waals surface area (Å²) in [4.78, 5) is 14.5. The molecule has 2 aliphatic heterocycles. The van der Waals surface area contributed by atoms with Crippen LogP contribution in [0.2, 0.25) is 0 Å². The summed E-state index contributed by atoms with van der Waals surface area (Å²) in [5.74, 6) is -0.610. The van der Waals surface area contributed by atoms with Crippen molar-refractivity contribution < 1.29 is 29.6 Å². The second-order valence-corrected chi connectivity index (χ2v) is 6.99. The number of carbonyl (C=O) groups excluding carboxylic acids is 1. The van der Waals surface area contributed by atoms with Crippen molar-refractivity contribution >= 4 is 17.7 Å². The van der Waals surface area contributed by atoms with Crippen molar-refractivity contribution in [3.63, 3.8) is 0 Å². The highest BCUT2D eigenvalue weighted by atomic mass is 16.5. The zero-order valence-electron chi connectivity index (χ0n) is 15.9. The Hall–Kier alpha value is -2.48. The number of nitriles is 1. The largest absolute Gasteiger partial charge is 0.388 e. The molecule has 0 aliphatic carbocycles. The van der Waals surface area contributed by atoms with E-state index in [9.17, 15) is 25.4 Å². The lowest BCUT2D eigenvalue weighted by Gasteiger charge is -2.35. The molecule has 9 nitrogen and oxygen atoms in total. The number of carbonyl (C=O) groups is 1. The van der Waals surface area contributed by atoms with E-state index in [0.29, 0.717) is 18.8 Å². The Kier molecular flexibility index (Phi) is 7.19. The fourth-order valence-electron chi connectivity index (χ4n) is 3.25. The molecule has 4 atom stereocenters. The van der Waals surface area contributed by atoms with Crippen LogP contribution in [0.25, 0.3) is 6.08 Å². The number of aliphatic hydroxyl groups excluding tert-OH is 3. The predicted octanol–water partition coefficient (Wildman–Crippen LogP) is -0.972. The lowest BCUT2D eigenvalue weighted by atomic mass is 10.00. The SMILES string of the molecule is N#CC(=Cc1ccc(N2CCOCC2)cc1)C(=O)NCC1OCC(O)C(O)C1O. The Morgan fingerprint density at radius 3 is 2.55 bits per heavy atom. The van der Waals surface area contributed by atoms with Crippen LogP contribution < -0.4 is 10.2 Å². The third kappa shape index (κ3) is 5.32. The molecule has 3 rings (SSSR count). The monoisotopic (exact) mass is 403 g/mol. The summed E-state index contributed by atoms with van der Waals surface area (Å²) in [6.45, 7) is 2.78. The molecule has 2 saturated heterocycles. The van der Waals surface area contributed by atoms with Gasteiger partial charge in [-0.15, -0.1) is 0 Å². The zero-order chi connectivity index (χ0) is 20.8. The molecule has 9 heteroatoms. The van der Waals surface area contributed by atoms with E-state index in [2.05, 4.69) is 10.2 Å². The third-order valence-corrected chi connectivity index (χ3v) is 5.02. The Labute approximate surface area is 168 Å². The van der Waals surface area contributed by atoms with Crippen molar-refractivity contribution in [1.82, 2.24) is 5.32 Å². The maximum Gasteiger partial charge on any atom is 0.262 e. The smallest absolute Gasteiger partial charge is 0.262 e. The van der Waals surface area contributed by atoms with Gasteiger partial charge in [-0.1, -0.05) is 12.1 Å². The summed E-state index contributed by atoms with van der Waals surface area (Å²) in [7, 11) is 0. The van der Waals surface area contributed by atoms with E-state index < -0.39 is 30.3 Å². The molecule has 29 heavy (non-hydrogen) atoms. The molecule has 0 aromatic heterocycles. The molecule has 1 aromatic rings. The molecular weight excluding hydrogens is 378 g/mol. The van der Waals surface area contributed by atoms with Crippen LogP contribution in [0.3, 0.4) is 0 Å². The molecule has 156 valence electrons. The number of benzene rings is 1. The standard InChI is InChI=1S/C20H25N3O6/c21-10-14(20(27)22-11-17-19(26)18(25)16(24)12-29-17)9-13-1-3-15(4-2-13)23-5-7-28-8-6-23/h1-4,9,16-19,24-26H,5-8,11-12H2,(H,22,27). The van der Waals surface area contributed by atoms with Gasteiger partial charge in [0.05, 0.1) is 19.8 Å². The topological polar surface area (TPSA) is 135 Å². The normalized spacial score (nSPS) is 27.9. The molecule has 1 aromatic carbocycles. The first-order chi connectivity index (χ1) is 14.0. The van der Waals surface area contributed by atoms with Crippen molar-refractivity contribution in [3.8, 4) is 6.07 Å². The van der Waals surface area contributed by atoms with Crippen molar-refractivity contribution in [1.29, 1.82) is 5.26 Å². The quantitative estimate of drug-likeness (QED) is 0.364. The highest BCUT2D eigenvalue weighted by Crippen LogP contribution is 2.18. The van der Waals surface area contributed by atoms with Crippen LogP contribution in [0, 0.1) is 11.3 Å². The second-order valence-electron chi connectivity index (χ2n) is 6.99. The summed E-state index contributed by atoms with van der Waals surface area (Å²) in [6.07, 6.45) is -3.24. The molecule has 2 heterocycles. The van der Waals surface area contributed by atoms with Gasteiger partial charge in [0, 0.05) is 25.3 Å². The van der Waals surface area contributed by atoms with Crippen LogP contribution in [0.4, 0.5) is 5.69 Å². The van der Waals surface area contributed by atoms with Gasteiger partial charge in [-0.05, 0) is 23.8 Å². The molecule has 0 saturated carbocycles. The number of amides is 1. The van der Waals surface area contributed by atoms with Gasteiger partial charge in [0.15, 0.2) is 0 Å². The van der Waals surface area contributed by atoms with Gasteiger partial charge in [-0.3, -0.25) is 4.79 Å². The summed E-state index contributed by atoms with van der Waals surface area (Å²) in [5.41, 5.74) is 1.67. The Bertz CT molecular complexity index is 769. The van der Waals surface area contributed by atoms with E-state index in [4.69, 9.17) is 9.47 Å². The minimum absolute atomic E-state index is 0.0880. The number of nitrogens with one attached hydrogen (secondary N) is 1. The molecule has 0 bridgehead atoms. The average Bonchev–Trinajstić information content (AvgIpc) is 2.76. The lowest BCUT2D eigenvalue weighted by Crippen LogP contribution is -2.56. The van der Waals surface area contributed by atoms with Gasteiger partial charge < -0.3 is 35.0 Å². The van der Waals surface area contributed by atoms with E-state index in [1.165, 1.54) is 6.08 Å². The highest BCUT2D eigenvalue weighted by molar-refractivity contribution is 6.01. The van der Waals surface area contributed by atoms with Crippen LogP contribution in [-0.4, -0.2) is 85.1 Å². The Balaban J connectivity index is 1.59. The van der Waals surface area contributed by atoms with Crippen LogP contribution in [0.15, 0.2) is 29.8 Å². The van der Waals surface area contributed by atoms with Crippen molar-refractivity contribution in [3.05, 3.63) is 35.4 Å². The van der Waals surface area contributed by atoms with Crippen molar-refractivity contribution in [2.45, 2.75) is 24.4 Å². The number of ether oxygens (including phenoxy) is 2. The minimum atomic E-state index is -1.35. The van der Waals surface area contributed by atoms with Gasteiger partial charge in [-0.2, -0.15) is 5.26 Å². The predicted molar refractivity (Wildman–Crippen MR) is 104 cm³/mol. The van der Waals surface area contributed by atoms with Gasteiger partial charge in [0.2, 0.25) is 0 Å². The van der Waals surface area contributed by atoms with Gasteiger partial charge in [0.25, 0.3) is 5.91 Å². The summed E-state index contributed by atoms with van der Waals surface area (Å²) < 4.78 is 10.6. The maximum absolute atomic E-state index is 12.3. The van der Waals surface area contributed by atoms with Gasteiger partial charge >= 0.3 is 0 Å². The first-order valence-electron chi connectivity index (χ1n) is 9.48. The van der Waals surface area contributed by atoms with Gasteiger partial charge in [-0.25, -0.2) is 0 Å². The zero-order valence-corrected chi connectivity index (χ0v) is 15.9. The first-order valence-corrected chi connectivity index (χ1v) is 9.48. The number of hydrogen-bond donors (Lipinski definition) is 4. The average molecular weight is 403 g/mol. The molecule has 2 fully saturated rings.